The monoisotopic (exact) mass is 610 g/mol. The van der Waals surface area contributed by atoms with Gasteiger partial charge in [0.15, 0.2) is 0 Å². The van der Waals surface area contributed by atoms with E-state index in [1.54, 1.807) is 7.11 Å². The van der Waals surface area contributed by atoms with Gasteiger partial charge in [0, 0.05) is 5.57 Å². The van der Waals surface area contributed by atoms with Gasteiger partial charge < -0.3 is 23.7 Å². The van der Waals surface area contributed by atoms with E-state index in [1.165, 1.54) is 5.57 Å². The summed E-state index contributed by atoms with van der Waals surface area (Å²) in [7, 11) is -0.496. The molecule has 0 aromatic heterocycles. The van der Waals surface area contributed by atoms with Crippen LogP contribution in [-0.4, -0.2) is 44.6 Å². The average Bonchev–Trinajstić information content (AvgIpc) is 3.28. The fourth-order valence-electron chi connectivity index (χ4n) is 8.38. The summed E-state index contributed by atoms with van der Waals surface area (Å²) in [6.45, 7) is 23.7. The van der Waals surface area contributed by atoms with Gasteiger partial charge in [-0.3, -0.25) is 0 Å². The maximum Gasteiger partial charge on any atom is 0.211 e. The Morgan fingerprint density at radius 3 is 2.14 bits per heavy atom. The second-order valence-electron chi connectivity index (χ2n) is 14.8. The second kappa shape index (κ2) is 13.3. The number of rotatable bonds is 11. The molecule has 1 aromatic rings. The summed E-state index contributed by atoms with van der Waals surface area (Å²) in [6, 6.07) is 8.03. The SMILES string of the molecule is COc1ccc(CO[C@H]2C[C@H]3C(C)=CC[C@H](C(C)C)[C@H]3/C=C(/CO[Si](C(C)C)(C(C)C)C(C)C)[C@@]3(O)C=C[C@]2(C)O3)cc1. The standard InChI is InChI=1S/C37H58O5Si/c1-24(2)32-17-12-28(9)33-21-35(40-22-29-13-15-31(39-11)16-14-29)36(10)18-19-37(38,42-36)30(20-34(32)33)23-41-43(25(3)4,26(5)6)27(7)8/h12-16,18-20,24-27,32-35,38H,17,21-23H2,1-11H3/b30-20-/t32-,33+,34-,35+,36+,37-/m1/s1. The maximum absolute atomic E-state index is 12.3. The molecule has 43 heavy (non-hydrogen) atoms. The minimum absolute atomic E-state index is 0.245. The molecular weight excluding hydrogens is 552 g/mol. The molecule has 240 valence electrons. The third-order valence-electron chi connectivity index (χ3n) is 10.9. The zero-order chi connectivity index (χ0) is 31.7. The third kappa shape index (κ3) is 6.79. The lowest BCUT2D eigenvalue weighted by Gasteiger charge is -2.43. The molecule has 6 heteroatoms. The van der Waals surface area contributed by atoms with Gasteiger partial charge in [-0.2, -0.15) is 0 Å². The van der Waals surface area contributed by atoms with Crippen LogP contribution in [0.15, 0.2) is 59.7 Å². The van der Waals surface area contributed by atoms with Gasteiger partial charge in [0.25, 0.3) is 0 Å². The van der Waals surface area contributed by atoms with Crippen LogP contribution in [0.1, 0.15) is 87.6 Å². The van der Waals surface area contributed by atoms with E-state index in [4.69, 9.17) is 18.6 Å². The van der Waals surface area contributed by atoms with Crippen LogP contribution in [-0.2, 0) is 20.5 Å². The van der Waals surface area contributed by atoms with Crippen LogP contribution in [0.2, 0.25) is 16.6 Å². The molecule has 2 bridgehead atoms. The van der Waals surface area contributed by atoms with Crippen LogP contribution in [0.4, 0.5) is 0 Å². The molecule has 6 atom stereocenters. The fourth-order valence-corrected chi connectivity index (χ4v) is 13.8. The summed E-state index contributed by atoms with van der Waals surface area (Å²) in [6.07, 6.45) is 10.3. The smallest absolute Gasteiger partial charge is 0.211 e. The molecule has 4 rings (SSSR count). The van der Waals surface area contributed by atoms with Crippen LogP contribution >= 0.6 is 0 Å². The molecule has 0 unspecified atom stereocenters. The van der Waals surface area contributed by atoms with Gasteiger partial charge in [0.1, 0.15) is 11.4 Å². The van der Waals surface area contributed by atoms with Gasteiger partial charge in [-0.25, -0.2) is 0 Å². The summed E-state index contributed by atoms with van der Waals surface area (Å²) in [5, 5.41) is 12.3. The van der Waals surface area contributed by atoms with Crippen molar-refractivity contribution in [3.05, 3.63) is 65.3 Å². The lowest BCUT2D eigenvalue weighted by atomic mass is 9.65. The van der Waals surface area contributed by atoms with Crippen molar-refractivity contribution < 1.29 is 23.7 Å². The second-order valence-corrected chi connectivity index (χ2v) is 20.2. The van der Waals surface area contributed by atoms with Crippen molar-refractivity contribution in [1.82, 2.24) is 0 Å². The number of aliphatic hydroxyl groups is 1. The van der Waals surface area contributed by atoms with Crippen molar-refractivity contribution in [2.45, 2.75) is 123 Å². The Bertz CT molecular complexity index is 1160. The predicted molar refractivity (Wildman–Crippen MR) is 179 cm³/mol. The molecule has 0 spiro atoms. The van der Waals surface area contributed by atoms with Crippen molar-refractivity contribution in [3.63, 3.8) is 0 Å². The van der Waals surface area contributed by atoms with E-state index >= 15 is 0 Å². The van der Waals surface area contributed by atoms with E-state index in [1.807, 2.05) is 36.4 Å². The Kier molecular flexibility index (Phi) is 10.6. The number of benzene rings is 1. The first-order chi connectivity index (χ1) is 20.2. The highest BCUT2D eigenvalue weighted by molar-refractivity contribution is 6.77. The first kappa shape index (κ1) is 34.2. The minimum atomic E-state index is -2.18. The van der Waals surface area contributed by atoms with Gasteiger partial charge in [-0.05, 0) is 96.8 Å². The molecule has 0 radical (unpaired) electrons. The number of fused-ring (bicyclic) bond motifs is 3. The molecule has 0 fully saturated rings. The third-order valence-corrected chi connectivity index (χ3v) is 16.9. The molecule has 3 aliphatic rings. The fraction of sp³-hybridized carbons (Fsp3) is 0.676. The van der Waals surface area contributed by atoms with E-state index in [0.29, 0.717) is 41.7 Å². The molecule has 0 saturated carbocycles. The molecule has 1 aliphatic carbocycles. The van der Waals surface area contributed by atoms with Gasteiger partial charge >= 0.3 is 0 Å². The van der Waals surface area contributed by atoms with Crippen molar-refractivity contribution in [1.29, 1.82) is 0 Å². The van der Waals surface area contributed by atoms with Crippen LogP contribution in [0, 0.1) is 23.7 Å². The lowest BCUT2D eigenvalue weighted by molar-refractivity contribution is -0.218. The average molecular weight is 611 g/mol. The Balaban J connectivity index is 1.74. The highest BCUT2D eigenvalue weighted by Crippen LogP contribution is 2.50. The normalized spacial score (nSPS) is 32.4. The molecule has 0 saturated heterocycles. The molecule has 2 heterocycles. The van der Waals surface area contributed by atoms with Crippen LogP contribution in [0.3, 0.4) is 0 Å². The first-order valence-electron chi connectivity index (χ1n) is 16.6. The van der Waals surface area contributed by atoms with Crippen LogP contribution in [0.5, 0.6) is 5.75 Å². The lowest BCUT2D eigenvalue weighted by Crippen LogP contribution is -2.50. The summed E-state index contributed by atoms with van der Waals surface area (Å²) >= 11 is 0. The van der Waals surface area contributed by atoms with Gasteiger partial charge in [0.05, 0.1) is 26.4 Å². The summed E-state index contributed by atoms with van der Waals surface area (Å²) in [4.78, 5) is 0. The van der Waals surface area contributed by atoms with Gasteiger partial charge in [-0.15, -0.1) is 0 Å². The quantitative estimate of drug-likeness (QED) is 0.200. The largest absolute Gasteiger partial charge is 0.497 e. The Morgan fingerprint density at radius 2 is 1.58 bits per heavy atom. The zero-order valence-corrected chi connectivity index (χ0v) is 29.6. The summed E-state index contributed by atoms with van der Waals surface area (Å²) in [5.41, 5.74) is 3.91. The van der Waals surface area contributed by atoms with E-state index in [2.05, 4.69) is 81.4 Å². The topological polar surface area (TPSA) is 57.2 Å². The van der Waals surface area contributed by atoms with Gasteiger partial charge in [-0.1, -0.05) is 85.2 Å². The summed E-state index contributed by atoms with van der Waals surface area (Å²) in [5.74, 6) is 0.807. The molecule has 5 nitrogen and oxygen atoms in total. The highest BCUT2D eigenvalue weighted by atomic mass is 28.4. The maximum atomic E-state index is 12.3. The molecule has 2 aliphatic heterocycles. The summed E-state index contributed by atoms with van der Waals surface area (Å²) < 4.78 is 26.0. The predicted octanol–water partition coefficient (Wildman–Crippen LogP) is 8.99. The van der Waals surface area contributed by atoms with E-state index < -0.39 is 19.7 Å². The van der Waals surface area contributed by atoms with E-state index in [-0.39, 0.29) is 17.9 Å². The Hall–Kier alpha value is -1.70. The van der Waals surface area contributed by atoms with Crippen molar-refractivity contribution in [2.75, 3.05) is 13.7 Å². The Morgan fingerprint density at radius 1 is 0.953 bits per heavy atom. The number of ether oxygens (including phenoxy) is 3. The minimum Gasteiger partial charge on any atom is -0.497 e. The number of hydrogen-bond acceptors (Lipinski definition) is 5. The number of allylic oxidation sites excluding steroid dienone is 3. The van der Waals surface area contributed by atoms with Gasteiger partial charge in [0.2, 0.25) is 14.1 Å². The van der Waals surface area contributed by atoms with Crippen molar-refractivity contribution in [3.8, 4) is 5.75 Å². The van der Waals surface area contributed by atoms with Crippen molar-refractivity contribution in [2.24, 2.45) is 23.7 Å². The van der Waals surface area contributed by atoms with Crippen molar-refractivity contribution >= 4 is 8.32 Å². The van der Waals surface area contributed by atoms with Crippen LogP contribution < -0.4 is 4.74 Å². The first-order valence-corrected chi connectivity index (χ1v) is 18.7. The Labute approximate surface area is 262 Å². The molecular formula is C37H58O5Si. The van der Waals surface area contributed by atoms with E-state index in [9.17, 15) is 5.11 Å². The van der Waals surface area contributed by atoms with E-state index in [0.717, 1.165) is 29.7 Å². The highest BCUT2D eigenvalue weighted by Gasteiger charge is 2.53. The molecule has 1 N–H and O–H groups in total. The molecule has 0 amide bonds. The molecule has 1 aromatic carbocycles. The number of methoxy groups -OCH3 is 1. The zero-order valence-electron chi connectivity index (χ0n) is 28.6. The van der Waals surface area contributed by atoms with Crippen LogP contribution in [0.25, 0.3) is 0 Å². The number of hydrogen-bond donors (Lipinski definition) is 1.